The smallest absolute Gasteiger partial charge is 0.237 e. The van der Waals surface area contributed by atoms with Crippen LogP contribution in [0.5, 0.6) is 5.75 Å². The van der Waals surface area contributed by atoms with Crippen LogP contribution in [0.3, 0.4) is 0 Å². The second-order valence-electron chi connectivity index (χ2n) is 6.49. The maximum absolute atomic E-state index is 12.1. The lowest BCUT2D eigenvalue weighted by molar-refractivity contribution is -0.124. The highest BCUT2D eigenvalue weighted by molar-refractivity contribution is 5.81. The number of rotatable bonds is 2. The van der Waals surface area contributed by atoms with Crippen LogP contribution in [-0.2, 0) is 9.53 Å². The van der Waals surface area contributed by atoms with Crippen molar-refractivity contribution in [2.45, 2.75) is 50.8 Å². The molecule has 2 atom stereocenters. The van der Waals surface area contributed by atoms with E-state index < -0.39 is 6.04 Å². The Labute approximate surface area is 131 Å². The van der Waals surface area contributed by atoms with Gasteiger partial charge in [-0.2, -0.15) is 0 Å². The van der Waals surface area contributed by atoms with Crippen molar-refractivity contribution >= 4 is 5.91 Å². The van der Waals surface area contributed by atoms with Crippen LogP contribution < -0.4 is 15.8 Å². The van der Waals surface area contributed by atoms with E-state index in [4.69, 9.17) is 15.2 Å². The molecule has 120 valence electrons. The van der Waals surface area contributed by atoms with Crippen LogP contribution in [0.25, 0.3) is 0 Å². The fourth-order valence-corrected chi connectivity index (χ4v) is 3.27. The molecule has 5 heteroatoms. The molecular weight excluding hydrogens is 280 g/mol. The van der Waals surface area contributed by atoms with Gasteiger partial charge in [0.05, 0.1) is 25.3 Å². The van der Waals surface area contributed by atoms with Crippen molar-refractivity contribution in [1.82, 2.24) is 5.32 Å². The highest BCUT2D eigenvalue weighted by Crippen LogP contribution is 2.44. The number of carbonyl (C=O) groups is 1. The Balaban J connectivity index is 1.92. The van der Waals surface area contributed by atoms with E-state index in [9.17, 15) is 4.79 Å². The lowest BCUT2D eigenvalue weighted by atomic mass is 9.81. The van der Waals surface area contributed by atoms with Crippen molar-refractivity contribution in [2.75, 3.05) is 13.2 Å². The largest absolute Gasteiger partial charge is 0.487 e. The van der Waals surface area contributed by atoms with Gasteiger partial charge < -0.3 is 20.5 Å². The first-order valence-electron chi connectivity index (χ1n) is 7.92. The Morgan fingerprint density at radius 1 is 1.41 bits per heavy atom. The maximum Gasteiger partial charge on any atom is 0.237 e. The molecule has 2 aliphatic heterocycles. The number of ether oxygens (including phenoxy) is 2. The van der Waals surface area contributed by atoms with Gasteiger partial charge in [0, 0.05) is 24.8 Å². The lowest BCUT2D eigenvalue weighted by Gasteiger charge is -2.44. The van der Waals surface area contributed by atoms with Gasteiger partial charge in [-0.3, -0.25) is 4.79 Å². The Morgan fingerprint density at radius 2 is 2.14 bits per heavy atom. The number of fused-ring (bicyclic) bond motifs is 1. The fourth-order valence-electron chi connectivity index (χ4n) is 3.27. The van der Waals surface area contributed by atoms with E-state index in [0.29, 0.717) is 13.2 Å². The van der Waals surface area contributed by atoms with Gasteiger partial charge in [-0.05, 0) is 19.9 Å². The molecule has 1 spiro atoms. The minimum atomic E-state index is -0.512. The van der Waals surface area contributed by atoms with Gasteiger partial charge in [0.15, 0.2) is 0 Å². The molecule has 1 fully saturated rings. The van der Waals surface area contributed by atoms with Gasteiger partial charge in [-0.15, -0.1) is 0 Å². The van der Waals surface area contributed by atoms with Gasteiger partial charge in [0.25, 0.3) is 0 Å². The zero-order valence-corrected chi connectivity index (χ0v) is 13.2. The van der Waals surface area contributed by atoms with Crippen LogP contribution in [0.2, 0.25) is 0 Å². The molecule has 2 aliphatic rings. The number of aryl methyl sites for hydroxylation is 1. The average molecular weight is 304 g/mol. The van der Waals surface area contributed by atoms with Gasteiger partial charge in [-0.25, -0.2) is 0 Å². The minimum absolute atomic E-state index is 0.0553. The molecule has 0 aromatic heterocycles. The first kappa shape index (κ1) is 15.3. The van der Waals surface area contributed by atoms with E-state index in [1.807, 2.05) is 19.1 Å². The maximum atomic E-state index is 12.1. The highest BCUT2D eigenvalue weighted by Gasteiger charge is 2.42. The van der Waals surface area contributed by atoms with Crippen LogP contribution >= 0.6 is 0 Å². The summed E-state index contributed by atoms with van der Waals surface area (Å²) in [7, 11) is 0. The van der Waals surface area contributed by atoms with Crippen LogP contribution in [-0.4, -0.2) is 30.8 Å². The summed E-state index contributed by atoms with van der Waals surface area (Å²) in [5.74, 6) is 0.746. The first-order valence-corrected chi connectivity index (χ1v) is 7.92. The van der Waals surface area contributed by atoms with Gasteiger partial charge >= 0.3 is 0 Å². The molecular formula is C17H24N2O3. The molecule has 1 amide bonds. The second kappa shape index (κ2) is 5.89. The quantitative estimate of drug-likeness (QED) is 0.874. The zero-order valence-electron chi connectivity index (χ0n) is 13.2. The molecule has 1 aromatic rings. The monoisotopic (exact) mass is 304 g/mol. The Morgan fingerprint density at radius 3 is 2.82 bits per heavy atom. The molecule has 1 saturated heterocycles. The summed E-state index contributed by atoms with van der Waals surface area (Å²) in [4.78, 5) is 12.1. The zero-order chi connectivity index (χ0) is 15.7. The molecule has 2 heterocycles. The molecule has 0 unspecified atom stereocenters. The third kappa shape index (κ3) is 2.96. The molecule has 0 bridgehead atoms. The molecule has 3 N–H and O–H groups in total. The van der Waals surface area contributed by atoms with Crippen molar-refractivity contribution in [3.05, 3.63) is 29.3 Å². The third-order valence-electron chi connectivity index (χ3n) is 4.58. The number of benzene rings is 1. The fraction of sp³-hybridized carbons (Fsp3) is 0.588. The molecule has 0 radical (unpaired) electrons. The highest BCUT2D eigenvalue weighted by atomic mass is 16.5. The molecule has 0 saturated carbocycles. The summed E-state index contributed by atoms with van der Waals surface area (Å²) in [6, 6.07) is 5.57. The van der Waals surface area contributed by atoms with Crippen molar-refractivity contribution < 1.29 is 14.3 Å². The Kier molecular flexibility index (Phi) is 4.10. The predicted octanol–water partition coefficient (Wildman–Crippen LogP) is 1.83. The van der Waals surface area contributed by atoms with E-state index in [0.717, 1.165) is 36.1 Å². The second-order valence-corrected chi connectivity index (χ2v) is 6.49. The summed E-state index contributed by atoms with van der Waals surface area (Å²) in [6.45, 7) is 5.16. The molecule has 3 rings (SSSR count). The van der Waals surface area contributed by atoms with E-state index >= 15 is 0 Å². The van der Waals surface area contributed by atoms with E-state index in [-0.39, 0.29) is 17.6 Å². The van der Waals surface area contributed by atoms with Crippen LogP contribution in [0.15, 0.2) is 18.2 Å². The summed E-state index contributed by atoms with van der Waals surface area (Å²) >= 11 is 0. The van der Waals surface area contributed by atoms with Crippen molar-refractivity contribution in [2.24, 2.45) is 5.73 Å². The first-order chi connectivity index (χ1) is 10.5. The average Bonchev–Trinajstić information content (AvgIpc) is 2.49. The van der Waals surface area contributed by atoms with Crippen LogP contribution in [0.4, 0.5) is 0 Å². The van der Waals surface area contributed by atoms with Crippen LogP contribution in [0, 0.1) is 6.92 Å². The van der Waals surface area contributed by atoms with Gasteiger partial charge in [0.2, 0.25) is 5.91 Å². The van der Waals surface area contributed by atoms with Crippen LogP contribution in [0.1, 0.15) is 43.4 Å². The van der Waals surface area contributed by atoms with Crippen molar-refractivity contribution in [3.63, 3.8) is 0 Å². The summed E-state index contributed by atoms with van der Waals surface area (Å²) in [5.41, 5.74) is 7.67. The summed E-state index contributed by atoms with van der Waals surface area (Å²) < 4.78 is 11.8. The van der Waals surface area contributed by atoms with Crippen molar-refractivity contribution in [1.29, 1.82) is 0 Å². The lowest BCUT2D eigenvalue weighted by Crippen LogP contribution is -2.50. The number of nitrogens with one attached hydrogen (secondary N) is 1. The summed E-state index contributed by atoms with van der Waals surface area (Å²) in [6.07, 6.45) is 2.47. The Hall–Kier alpha value is -1.59. The van der Waals surface area contributed by atoms with E-state index in [2.05, 4.69) is 11.4 Å². The number of hydrogen-bond donors (Lipinski definition) is 2. The minimum Gasteiger partial charge on any atom is -0.487 e. The molecule has 0 aliphatic carbocycles. The van der Waals surface area contributed by atoms with E-state index in [1.54, 1.807) is 6.92 Å². The SMILES string of the molecule is Cc1ccc2c(c1)[C@H](NC(=O)[C@H](C)N)CC1(CCOCC1)O2. The topological polar surface area (TPSA) is 73.6 Å². The normalized spacial score (nSPS) is 24.2. The molecule has 22 heavy (non-hydrogen) atoms. The van der Waals surface area contributed by atoms with E-state index in [1.165, 1.54) is 0 Å². The predicted molar refractivity (Wildman–Crippen MR) is 83.7 cm³/mol. The molecule has 1 aromatic carbocycles. The number of carbonyl (C=O) groups excluding carboxylic acids is 1. The molecule has 5 nitrogen and oxygen atoms in total. The number of nitrogens with two attached hydrogens (primary N) is 1. The van der Waals surface area contributed by atoms with Gasteiger partial charge in [-0.1, -0.05) is 17.7 Å². The number of hydrogen-bond acceptors (Lipinski definition) is 4. The van der Waals surface area contributed by atoms with Crippen molar-refractivity contribution in [3.8, 4) is 5.75 Å². The standard InChI is InChI=1S/C17H24N2O3/c1-11-3-4-15-13(9-11)14(19-16(20)12(2)18)10-17(22-15)5-7-21-8-6-17/h3-4,9,12,14H,5-8,10,18H2,1-2H3,(H,19,20)/t12-,14+/m0/s1. The summed E-state index contributed by atoms with van der Waals surface area (Å²) in [5, 5.41) is 3.09. The van der Waals surface area contributed by atoms with Gasteiger partial charge in [0.1, 0.15) is 11.4 Å². The Bertz CT molecular complexity index is 565. The third-order valence-corrected chi connectivity index (χ3v) is 4.58. The number of amides is 1.